The molecule has 0 atom stereocenters. The van der Waals surface area contributed by atoms with Crippen molar-refractivity contribution in [3.05, 3.63) is 29.8 Å². The maximum Gasteiger partial charge on any atom is 0.305 e. The van der Waals surface area contributed by atoms with Gasteiger partial charge in [-0.1, -0.05) is 13.8 Å². The minimum absolute atomic E-state index is 0.0787. The third-order valence-electron chi connectivity index (χ3n) is 2.90. The van der Waals surface area contributed by atoms with E-state index in [4.69, 9.17) is 10.2 Å². The Balaban J connectivity index is 2.95. The highest BCUT2D eigenvalue weighted by atomic mass is 32.2. The number of nitrogens with two attached hydrogens (primary N) is 1. The Kier molecular flexibility index (Phi) is 6.07. The molecule has 0 aliphatic rings. The molecule has 0 unspecified atom stereocenters. The SMILES string of the molecule is CC(C)CN(CCC(=O)O)C(=O)c1ccc(S(N)(=O)=O)cc1. The molecule has 0 aliphatic heterocycles. The Labute approximate surface area is 129 Å². The van der Waals surface area contributed by atoms with Gasteiger partial charge in [-0.25, -0.2) is 13.6 Å². The molecule has 0 saturated carbocycles. The fourth-order valence-corrected chi connectivity index (χ4v) is 2.43. The summed E-state index contributed by atoms with van der Waals surface area (Å²) in [4.78, 5) is 24.5. The molecule has 1 aromatic carbocycles. The van der Waals surface area contributed by atoms with Crippen molar-refractivity contribution in [2.45, 2.75) is 25.2 Å². The van der Waals surface area contributed by atoms with Crippen LogP contribution in [0, 0.1) is 5.92 Å². The van der Waals surface area contributed by atoms with Gasteiger partial charge in [-0.05, 0) is 30.2 Å². The van der Waals surface area contributed by atoms with Gasteiger partial charge in [0.05, 0.1) is 11.3 Å². The Morgan fingerprint density at radius 2 is 1.77 bits per heavy atom. The van der Waals surface area contributed by atoms with E-state index < -0.39 is 16.0 Å². The first-order chi connectivity index (χ1) is 10.1. The summed E-state index contributed by atoms with van der Waals surface area (Å²) in [5.74, 6) is -1.14. The number of primary sulfonamides is 1. The Hall–Kier alpha value is -1.93. The number of carboxylic acids is 1. The van der Waals surface area contributed by atoms with Crippen LogP contribution in [0.3, 0.4) is 0 Å². The number of carbonyl (C=O) groups excluding carboxylic acids is 1. The van der Waals surface area contributed by atoms with Crippen molar-refractivity contribution in [3.8, 4) is 0 Å². The number of hydrogen-bond acceptors (Lipinski definition) is 4. The smallest absolute Gasteiger partial charge is 0.305 e. The molecule has 0 heterocycles. The van der Waals surface area contributed by atoms with Gasteiger partial charge >= 0.3 is 5.97 Å². The molecule has 122 valence electrons. The molecule has 0 bridgehead atoms. The average Bonchev–Trinajstić information content (AvgIpc) is 2.41. The summed E-state index contributed by atoms with van der Waals surface area (Å²) in [5, 5.41) is 13.8. The zero-order valence-corrected chi connectivity index (χ0v) is 13.3. The summed E-state index contributed by atoms with van der Waals surface area (Å²) < 4.78 is 22.4. The van der Waals surface area contributed by atoms with Gasteiger partial charge in [0.1, 0.15) is 0 Å². The molecular weight excluding hydrogens is 308 g/mol. The van der Waals surface area contributed by atoms with Crippen LogP contribution in [0.4, 0.5) is 0 Å². The predicted molar refractivity (Wildman–Crippen MR) is 80.8 cm³/mol. The number of amides is 1. The summed E-state index contributed by atoms with van der Waals surface area (Å²) in [7, 11) is -3.81. The highest BCUT2D eigenvalue weighted by molar-refractivity contribution is 7.89. The van der Waals surface area contributed by atoms with Crippen LogP contribution in [0.15, 0.2) is 29.2 Å². The molecule has 1 rings (SSSR count). The van der Waals surface area contributed by atoms with E-state index in [1.54, 1.807) is 0 Å². The van der Waals surface area contributed by atoms with Crippen molar-refractivity contribution in [3.63, 3.8) is 0 Å². The average molecular weight is 328 g/mol. The van der Waals surface area contributed by atoms with Crippen LogP contribution in [0.1, 0.15) is 30.6 Å². The standard InChI is InChI=1S/C14H20N2O5S/c1-10(2)9-16(8-7-13(17)18)14(19)11-3-5-12(6-4-11)22(15,20)21/h3-6,10H,7-9H2,1-2H3,(H,17,18)(H2,15,20,21). The van der Waals surface area contributed by atoms with E-state index in [1.807, 2.05) is 13.8 Å². The maximum absolute atomic E-state index is 12.4. The summed E-state index contributed by atoms with van der Waals surface area (Å²) in [6, 6.07) is 5.26. The zero-order valence-electron chi connectivity index (χ0n) is 12.5. The summed E-state index contributed by atoms with van der Waals surface area (Å²) in [5.41, 5.74) is 0.290. The van der Waals surface area contributed by atoms with Gasteiger partial charge < -0.3 is 10.0 Å². The third kappa shape index (κ3) is 5.45. The summed E-state index contributed by atoms with van der Waals surface area (Å²) >= 11 is 0. The highest BCUT2D eigenvalue weighted by Crippen LogP contribution is 2.12. The molecule has 0 saturated heterocycles. The Morgan fingerprint density at radius 3 is 2.18 bits per heavy atom. The van der Waals surface area contributed by atoms with Crippen LogP contribution in [-0.4, -0.2) is 43.4 Å². The minimum atomic E-state index is -3.81. The van der Waals surface area contributed by atoms with Crippen LogP contribution < -0.4 is 5.14 Å². The number of rotatable bonds is 7. The van der Waals surface area contributed by atoms with Crippen LogP contribution in [0.5, 0.6) is 0 Å². The maximum atomic E-state index is 12.4. The van der Waals surface area contributed by atoms with Gasteiger partial charge in [-0.15, -0.1) is 0 Å². The second-order valence-electron chi connectivity index (χ2n) is 5.36. The monoisotopic (exact) mass is 328 g/mol. The predicted octanol–water partition coefficient (Wildman–Crippen LogP) is 0.907. The third-order valence-corrected chi connectivity index (χ3v) is 3.83. The summed E-state index contributed by atoms with van der Waals surface area (Å²) in [6.07, 6.45) is -0.145. The number of aliphatic carboxylic acids is 1. The van der Waals surface area contributed by atoms with Gasteiger partial charge in [0.25, 0.3) is 5.91 Å². The second-order valence-corrected chi connectivity index (χ2v) is 6.92. The molecule has 8 heteroatoms. The van der Waals surface area contributed by atoms with Crippen LogP contribution in [0.25, 0.3) is 0 Å². The lowest BCUT2D eigenvalue weighted by Crippen LogP contribution is -2.36. The molecule has 0 spiro atoms. The first-order valence-corrected chi connectivity index (χ1v) is 8.30. The first kappa shape index (κ1) is 18.1. The van der Waals surface area contributed by atoms with E-state index in [2.05, 4.69) is 0 Å². The lowest BCUT2D eigenvalue weighted by atomic mass is 10.1. The topological polar surface area (TPSA) is 118 Å². The van der Waals surface area contributed by atoms with E-state index in [1.165, 1.54) is 29.2 Å². The van der Waals surface area contributed by atoms with Crippen LogP contribution >= 0.6 is 0 Å². The Morgan fingerprint density at radius 1 is 1.23 bits per heavy atom. The summed E-state index contributed by atoms with van der Waals surface area (Å²) in [6.45, 7) is 4.36. The number of sulfonamides is 1. The van der Waals surface area contributed by atoms with Crippen LogP contribution in [-0.2, 0) is 14.8 Å². The van der Waals surface area contributed by atoms with Gasteiger partial charge in [0.15, 0.2) is 0 Å². The fraction of sp³-hybridized carbons (Fsp3) is 0.429. The first-order valence-electron chi connectivity index (χ1n) is 6.75. The second kappa shape index (κ2) is 7.37. The molecule has 1 amide bonds. The largest absolute Gasteiger partial charge is 0.481 e. The molecule has 1 aromatic rings. The lowest BCUT2D eigenvalue weighted by Gasteiger charge is -2.24. The van der Waals surface area contributed by atoms with Crippen molar-refractivity contribution < 1.29 is 23.1 Å². The van der Waals surface area contributed by atoms with Crippen molar-refractivity contribution in [1.82, 2.24) is 4.90 Å². The molecular formula is C14H20N2O5S. The van der Waals surface area contributed by atoms with Crippen molar-refractivity contribution >= 4 is 21.9 Å². The number of carboxylic acid groups (broad SMARTS) is 1. The molecule has 0 fully saturated rings. The number of nitrogens with zero attached hydrogens (tertiary/aromatic N) is 1. The van der Waals surface area contributed by atoms with Crippen molar-refractivity contribution in [2.24, 2.45) is 11.1 Å². The van der Waals surface area contributed by atoms with Crippen molar-refractivity contribution in [1.29, 1.82) is 0 Å². The van der Waals surface area contributed by atoms with E-state index in [0.29, 0.717) is 12.1 Å². The number of benzene rings is 1. The van der Waals surface area contributed by atoms with E-state index in [0.717, 1.165) is 0 Å². The lowest BCUT2D eigenvalue weighted by molar-refractivity contribution is -0.137. The molecule has 7 nitrogen and oxygen atoms in total. The molecule has 0 radical (unpaired) electrons. The Bertz CT molecular complexity index is 638. The molecule has 3 N–H and O–H groups in total. The normalized spacial score (nSPS) is 11.5. The van der Waals surface area contributed by atoms with Gasteiger partial charge in [0.2, 0.25) is 10.0 Å². The molecule has 0 aliphatic carbocycles. The van der Waals surface area contributed by atoms with Crippen molar-refractivity contribution in [2.75, 3.05) is 13.1 Å². The highest BCUT2D eigenvalue weighted by Gasteiger charge is 2.18. The van der Waals surface area contributed by atoms with Crippen LogP contribution in [0.2, 0.25) is 0 Å². The fourth-order valence-electron chi connectivity index (χ4n) is 1.92. The molecule has 22 heavy (non-hydrogen) atoms. The number of carbonyl (C=O) groups is 2. The minimum Gasteiger partial charge on any atom is -0.481 e. The van der Waals surface area contributed by atoms with E-state index in [9.17, 15) is 18.0 Å². The van der Waals surface area contributed by atoms with E-state index in [-0.39, 0.29) is 29.7 Å². The molecule has 0 aromatic heterocycles. The zero-order chi connectivity index (χ0) is 16.9. The van der Waals surface area contributed by atoms with Gasteiger partial charge in [-0.2, -0.15) is 0 Å². The number of hydrogen-bond donors (Lipinski definition) is 2. The van der Waals surface area contributed by atoms with E-state index >= 15 is 0 Å². The quantitative estimate of drug-likeness (QED) is 0.771. The van der Waals surface area contributed by atoms with Gasteiger partial charge in [-0.3, -0.25) is 9.59 Å². The van der Waals surface area contributed by atoms with Gasteiger partial charge in [0, 0.05) is 18.7 Å².